The van der Waals surface area contributed by atoms with Crippen LogP contribution in [0.15, 0.2) is 109 Å². The quantitative estimate of drug-likeness (QED) is 0.297. The molecule has 5 aromatic carbocycles. The molecule has 160 valence electrons. The molecule has 5 aromatic rings. The minimum Gasteiger partial charge on any atom is -0.473 e. The standard InChI is InChI=1S/C31H25NO/c1-32(2)29-18-17-28(25-14-8-9-15-26(25)29)31(23-11-4-3-5-12-23)21-20-27-24-13-7-6-10-22(24)16-19-30(27)33-31/h3-21H,1-2H3. The summed E-state index contributed by atoms with van der Waals surface area (Å²) in [5.41, 5.74) is 3.87. The van der Waals surface area contributed by atoms with Gasteiger partial charge in [-0.15, -0.1) is 0 Å². The molecule has 0 spiro atoms. The van der Waals surface area contributed by atoms with Crippen LogP contribution in [-0.4, -0.2) is 14.1 Å². The summed E-state index contributed by atoms with van der Waals surface area (Å²) in [6.45, 7) is 0. The summed E-state index contributed by atoms with van der Waals surface area (Å²) < 4.78 is 7.01. The van der Waals surface area contributed by atoms with Crippen molar-refractivity contribution in [2.75, 3.05) is 19.0 Å². The number of ether oxygens (including phenoxy) is 1. The molecule has 2 heteroatoms. The van der Waals surface area contributed by atoms with E-state index in [-0.39, 0.29) is 0 Å². The fourth-order valence-electron chi connectivity index (χ4n) is 5.08. The van der Waals surface area contributed by atoms with Crippen molar-refractivity contribution in [1.29, 1.82) is 0 Å². The zero-order valence-corrected chi connectivity index (χ0v) is 18.8. The van der Waals surface area contributed by atoms with Crippen molar-refractivity contribution < 1.29 is 4.74 Å². The molecule has 0 saturated carbocycles. The molecule has 1 unspecified atom stereocenters. The van der Waals surface area contributed by atoms with E-state index in [9.17, 15) is 0 Å². The molecule has 0 N–H and O–H groups in total. The topological polar surface area (TPSA) is 12.5 Å². The van der Waals surface area contributed by atoms with Crippen LogP contribution in [0.4, 0.5) is 5.69 Å². The SMILES string of the molecule is CN(C)c1ccc(C2(c3ccccc3)C=Cc3c(ccc4ccccc34)O2)c2ccccc12. The molecule has 1 aliphatic heterocycles. The summed E-state index contributed by atoms with van der Waals surface area (Å²) in [5, 5.41) is 4.84. The molecule has 0 radical (unpaired) electrons. The molecule has 0 aromatic heterocycles. The molecule has 6 rings (SSSR count). The van der Waals surface area contributed by atoms with Crippen LogP contribution in [0.3, 0.4) is 0 Å². The number of hydrogen-bond acceptors (Lipinski definition) is 2. The van der Waals surface area contributed by atoms with Gasteiger partial charge in [0.25, 0.3) is 0 Å². The third-order valence-corrected chi connectivity index (χ3v) is 6.67. The van der Waals surface area contributed by atoms with E-state index in [1.807, 2.05) is 0 Å². The van der Waals surface area contributed by atoms with Crippen molar-refractivity contribution in [3.8, 4) is 5.75 Å². The first-order chi connectivity index (χ1) is 16.2. The van der Waals surface area contributed by atoms with E-state index >= 15 is 0 Å². The lowest BCUT2D eigenvalue weighted by Crippen LogP contribution is -2.34. The van der Waals surface area contributed by atoms with Gasteiger partial charge in [-0.2, -0.15) is 0 Å². The lowest BCUT2D eigenvalue weighted by Gasteiger charge is -2.37. The van der Waals surface area contributed by atoms with Gasteiger partial charge in [0.1, 0.15) is 5.75 Å². The van der Waals surface area contributed by atoms with E-state index in [0.717, 1.165) is 22.4 Å². The average Bonchev–Trinajstić information content (AvgIpc) is 2.88. The van der Waals surface area contributed by atoms with Crippen molar-refractivity contribution in [3.05, 3.63) is 126 Å². The van der Waals surface area contributed by atoms with E-state index < -0.39 is 5.60 Å². The molecule has 1 atom stereocenters. The highest BCUT2D eigenvalue weighted by Gasteiger charge is 2.38. The van der Waals surface area contributed by atoms with Crippen molar-refractivity contribution in [2.24, 2.45) is 0 Å². The molecule has 33 heavy (non-hydrogen) atoms. The average molecular weight is 428 g/mol. The van der Waals surface area contributed by atoms with Crippen molar-refractivity contribution in [1.82, 2.24) is 0 Å². The van der Waals surface area contributed by atoms with Crippen LogP contribution < -0.4 is 9.64 Å². The zero-order chi connectivity index (χ0) is 22.4. The van der Waals surface area contributed by atoms with Gasteiger partial charge in [-0.25, -0.2) is 0 Å². The Labute approximate surface area is 194 Å². The van der Waals surface area contributed by atoms with E-state index in [2.05, 4.69) is 134 Å². The number of benzene rings is 5. The zero-order valence-electron chi connectivity index (χ0n) is 18.8. The minimum absolute atomic E-state index is 0.721. The molecular weight excluding hydrogens is 402 g/mol. The second-order valence-electron chi connectivity index (χ2n) is 8.81. The van der Waals surface area contributed by atoms with Crippen LogP contribution in [0.25, 0.3) is 27.6 Å². The third kappa shape index (κ3) is 3.02. The maximum Gasteiger partial charge on any atom is 0.178 e. The summed E-state index contributed by atoms with van der Waals surface area (Å²) in [5.74, 6) is 0.904. The number of rotatable bonds is 3. The van der Waals surface area contributed by atoms with Crippen LogP contribution >= 0.6 is 0 Å². The van der Waals surface area contributed by atoms with Gasteiger partial charge in [0.2, 0.25) is 0 Å². The van der Waals surface area contributed by atoms with Crippen molar-refractivity contribution in [2.45, 2.75) is 5.60 Å². The monoisotopic (exact) mass is 427 g/mol. The van der Waals surface area contributed by atoms with Gasteiger partial charge < -0.3 is 9.64 Å². The predicted octanol–water partition coefficient (Wildman–Crippen LogP) is 7.41. The highest BCUT2D eigenvalue weighted by Crippen LogP contribution is 2.46. The van der Waals surface area contributed by atoms with Gasteiger partial charge in [0.05, 0.1) is 0 Å². The van der Waals surface area contributed by atoms with Gasteiger partial charge >= 0.3 is 0 Å². The van der Waals surface area contributed by atoms with Gasteiger partial charge in [0.15, 0.2) is 5.60 Å². The molecule has 0 fully saturated rings. The largest absolute Gasteiger partial charge is 0.473 e. The smallest absolute Gasteiger partial charge is 0.178 e. The Bertz CT molecular complexity index is 1520. The van der Waals surface area contributed by atoms with Crippen LogP contribution in [0.1, 0.15) is 16.7 Å². The summed E-state index contributed by atoms with van der Waals surface area (Å²) in [7, 11) is 4.18. The maximum absolute atomic E-state index is 7.01. The molecule has 2 nitrogen and oxygen atoms in total. The highest BCUT2D eigenvalue weighted by atomic mass is 16.5. The number of hydrogen-bond donors (Lipinski definition) is 0. The molecular formula is C31H25NO. The Morgan fingerprint density at radius 1 is 0.636 bits per heavy atom. The Balaban J connectivity index is 1.65. The summed E-state index contributed by atoms with van der Waals surface area (Å²) >= 11 is 0. The van der Waals surface area contributed by atoms with Crippen LogP contribution in [0.5, 0.6) is 5.75 Å². The van der Waals surface area contributed by atoms with Gasteiger partial charge in [-0.1, -0.05) is 91.0 Å². The van der Waals surface area contributed by atoms with Crippen LogP contribution in [-0.2, 0) is 5.60 Å². The fraction of sp³-hybridized carbons (Fsp3) is 0.0968. The number of fused-ring (bicyclic) bond motifs is 4. The molecule has 1 aliphatic rings. The molecule has 1 heterocycles. The highest BCUT2D eigenvalue weighted by molar-refractivity contribution is 5.98. The Hall–Kier alpha value is -4.04. The van der Waals surface area contributed by atoms with E-state index in [4.69, 9.17) is 4.74 Å². The summed E-state index contributed by atoms with van der Waals surface area (Å²) in [4.78, 5) is 2.17. The van der Waals surface area contributed by atoms with E-state index in [1.165, 1.54) is 27.2 Å². The summed E-state index contributed by atoms with van der Waals surface area (Å²) in [6, 6.07) is 36.3. The first-order valence-electron chi connectivity index (χ1n) is 11.3. The normalized spacial score (nSPS) is 17.0. The van der Waals surface area contributed by atoms with Crippen molar-refractivity contribution >= 4 is 33.3 Å². The van der Waals surface area contributed by atoms with E-state index in [1.54, 1.807) is 0 Å². The van der Waals surface area contributed by atoms with Crippen LogP contribution in [0, 0.1) is 0 Å². The fourth-order valence-corrected chi connectivity index (χ4v) is 5.08. The minimum atomic E-state index is -0.721. The third-order valence-electron chi connectivity index (χ3n) is 6.67. The Morgan fingerprint density at radius 3 is 2.12 bits per heavy atom. The summed E-state index contributed by atoms with van der Waals surface area (Å²) in [6.07, 6.45) is 4.47. The van der Waals surface area contributed by atoms with Crippen molar-refractivity contribution in [3.63, 3.8) is 0 Å². The predicted molar refractivity (Wildman–Crippen MR) is 139 cm³/mol. The molecule has 0 aliphatic carbocycles. The molecule has 0 amide bonds. The first kappa shape index (κ1) is 19.6. The Morgan fingerprint density at radius 2 is 1.33 bits per heavy atom. The molecule has 0 bridgehead atoms. The van der Waals surface area contributed by atoms with Gasteiger partial charge in [-0.3, -0.25) is 0 Å². The number of anilines is 1. The van der Waals surface area contributed by atoms with Gasteiger partial charge in [-0.05, 0) is 40.4 Å². The lowest BCUT2D eigenvalue weighted by atomic mass is 9.80. The lowest BCUT2D eigenvalue weighted by molar-refractivity contribution is 0.163. The van der Waals surface area contributed by atoms with Crippen LogP contribution in [0.2, 0.25) is 0 Å². The van der Waals surface area contributed by atoms with E-state index in [0.29, 0.717) is 0 Å². The second kappa shape index (κ2) is 7.53. The van der Waals surface area contributed by atoms with Gasteiger partial charge in [0, 0.05) is 41.9 Å². The Kier molecular flexibility index (Phi) is 4.48. The second-order valence-corrected chi connectivity index (χ2v) is 8.81. The number of nitrogens with zero attached hydrogens (tertiary/aromatic N) is 1. The molecule has 0 saturated heterocycles. The maximum atomic E-state index is 7.01. The first-order valence-corrected chi connectivity index (χ1v) is 11.3.